The average molecular weight is 469 g/mol. The van der Waals surface area contributed by atoms with Gasteiger partial charge >= 0.3 is 5.97 Å². The summed E-state index contributed by atoms with van der Waals surface area (Å²) >= 11 is 7.25. The minimum absolute atomic E-state index is 0.0169. The number of nitrogens with one attached hydrogen (secondary N) is 1. The molecular weight excluding hydrogens is 452 g/mol. The first-order valence-corrected chi connectivity index (χ1v) is 10.8. The van der Waals surface area contributed by atoms with Gasteiger partial charge in [0.05, 0.1) is 22.0 Å². The number of halogens is 1. The van der Waals surface area contributed by atoms with Crippen molar-refractivity contribution in [3.8, 4) is 11.6 Å². The molecule has 1 amide bonds. The largest absolute Gasteiger partial charge is 0.478 e. The molecule has 0 unspecified atom stereocenters. The smallest absolute Gasteiger partial charge is 0.335 e. The number of carbonyl (C=O) groups is 2. The van der Waals surface area contributed by atoms with Crippen molar-refractivity contribution in [3.63, 3.8) is 0 Å². The summed E-state index contributed by atoms with van der Waals surface area (Å²) in [6.45, 7) is 4.21. The SMILES string of the molecule is C=CCn1c(SCC(=O)Nc2cc(C(=O)O)ccc2Cl)nnc1-c1cc2ccccc2o1. The van der Waals surface area contributed by atoms with Crippen LogP contribution in [0.1, 0.15) is 10.4 Å². The molecule has 2 aromatic heterocycles. The lowest BCUT2D eigenvalue weighted by molar-refractivity contribution is -0.113. The quantitative estimate of drug-likeness (QED) is 0.278. The minimum atomic E-state index is -1.11. The van der Waals surface area contributed by atoms with Crippen molar-refractivity contribution in [1.29, 1.82) is 0 Å². The van der Waals surface area contributed by atoms with E-state index in [1.54, 1.807) is 10.6 Å². The van der Waals surface area contributed by atoms with Gasteiger partial charge in [-0.3, -0.25) is 9.36 Å². The van der Waals surface area contributed by atoms with Gasteiger partial charge in [0.25, 0.3) is 0 Å². The Hall–Kier alpha value is -3.56. The van der Waals surface area contributed by atoms with Gasteiger partial charge in [-0.1, -0.05) is 47.6 Å². The van der Waals surface area contributed by atoms with E-state index < -0.39 is 5.97 Å². The van der Waals surface area contributed by atoms with Gasteiger partial charge < -0.3 is 14.8 Å². The van der Waals surface area contributed by atoms with Gasteiger partial charge in [0.15, 0.2) is 10.9 Å². The predicted molar refractivity (Wildman–Crippen MR) is 123 cm³/mol. The van der Waals surface area contributed by atoms with Crippen molar-refractivity contribution in [3.05, 3.63) is 71.8 Å². The minimum Gasteiger partial charge on any atom is -0.478 e. The number of fused-ring (bicyclic) bond motifs is 1. The molecule has 0 radical (unpaired) electrons. The van der Waals surface area contributed by atoms with Crippen LogP contribution in [0, 0.1) is 0 Å². The van der Waals surface area contributed by atoms with E-state index >= 15 is 0 Å². The van der Waals surface area contributed by atoms with Crippen LogP contribution in [0.15, 0.2) is 70.8 Å². The van der Waals surface area contributed by atoms with Gasteiger partial charge in [0.1, 0.15) is 5.58 Å². The van der Waals surface area contributed by atoms with Crippen LogP contribution in [0.2, 0.25) is 5.02 Å². The Kier molecular flexibility index (Phi) is 6.29. The molecule has 2 N–H and O–H groups in total. The first-order valence-electron chi connectivity index (χ1n) is 9.45. The number of carbonyl (C=O) groups excluding carboxylic acids is 1. The second kappa shape index (κ2) is 9.29. The highest BCUT2D eigenvalue weighted by Gasteiger charge is 2.18. The Morgan fingerprint density at radius 3 is 2.78 bits per heavy atom. The topological polar surface area (TPSA) is 110 Å². The Morgan fingerprint density at radius 1 is 1.22 bits per heavy atom. The molecule has 0 atom stereocenters. The summed E-state index contributed by atoms with van der Waals surface area (Å²) in [6.07, 6.45) is 1.71. The van der Waals surface area contributed by atoms with Crippen LogP contribution in [0.4, 0.5) is 5.69 Å². The number of rotatable bonds is 8. The Morgan fingerprint density at radius 2 is 2.03 bits per heavy atom. The van der Waals surface area contributed by atoms with Crippen LogP contribution < -0.4 is 5.32 Å². The Balaban J connectivity index is 1.51. The molecule has 0 aliphatic carbocycles. The van der Waals surface area contributed by atoms with Gasteiger partial charge in [0.2, 0.25) is 11.7 Å². The van der Waals surface area contributed by atoms with E-state index in [0.717, 1.165) is 11.0 Å². The highest BCUT2D eigenvalue weighted by Crippen LogP contribution is 2.29. The van der Waals surface area contributed by atoms with Gasteiger partial charge in [-0.25, -0.2) is 4.79 Å². The number of thioether (sulfide) groups is 1. The lowest BCUT2D eigenvalue weighted by Gasteiger charge is -2.09. The molecule has 2 heterocycles. The second-order valence-corrected chi connectivity index (χ2v) is 8.04. The second-order valence-electron chi connectivity index (χ2n) is 6.69. The molecule has 0 fully saturated rings. The zero-order chi connectivity index (χ0) is 22.7. The van der Waals surface area contributed by atoms with Crippen molar-refractivity contribution in [2.45, 2.75) is 11.7 Å². The number of para-hydroxylation sites is 1. The van der Waals surface area contributed by atoms with Gasteiger partial charge in [-0.2, -0.15) is 0 Å². The molecule has 0 saturated heterocycles. The van der Waals surface area contributed by atoms with Crippen molar-refractivity contribution in [2.24, 2.45) is 0 Å². The fourth-order valence-electron chi connectivity index (χ4n) is 3.03. The van der Waals surface area contributed by atoms with Gasteiger partial charge in [-0.15, -0.1) is 16.8 Å². The van der Waals surface area contributed by atoms with Crippen LogP contribution in [-0.4, -0.2) is 37.5 Å². The van der Waals surface area contributed by atoms with Crippen molar-refractivity contribution in [1.82, 2.24) is 14.8 Å². The summed E-state index contributed by atoms with van der Waals surface area (Å²) in [7, 11) is 0. The number of furan rings is 1. The van der Waals surface area contributed by atoms with Gasteiger partial charge in [0, 0.05) is 11.9 Å². The maximum Gasteiger partial charge on any atom is 0.335 e. The number of carboxylic acids is 1. The molecule has 0 aliphatic rings. The third-order valence-corrected chi connectivity index (χ3v) is 5.79. The average Bonchev–Trinajstić information content (AvgIpc) is 3.37. The monoisotopic (exact) mass is 468 g/mol. The number of aromatic nitrogens is 3. The molecule has 0 bridgehead atoms. The molecule has 0 aliphatic heterocycles. The van der Waals surface area contributed by atoms with E-state index in [0.29, 0.717) is 23.3 Å². The number of hydrogen-bond donors (Lipinski definition) is 2. The first kappa shape index (κ1) is 21.7. The fourth-order valence-corrected chi connectivity index (χ4v) is 3.95. The molecule has 8 nitrogen and oxygen atoms in total. The summed E-state index contributed by atoms with van der Waals surface area (Å²) < 4.78 is 7.70. The molecule has 4 aromatic rings. The first-order chi connectivity index (χ1) is 15.5. The third-order valence-electron chi connectivity index (χ3n) is 4.49. The van der Waals surface area contributed by atoms with E-state index in [1.807, 2.05) is 30.3 Å². The summed E-state index contributed by atoms with van der Waals surface area (Å²) in [4.78, 5) is 23.6. The summed E-state index contributed by atoms with van der Waals surface area (Å²) in [5.41, 5.74) is 0.996. The van der Waals surface area contributed by atoms with E-state index in [2.05, 4.69) is 22.1 Å². The summed E-state index contributed by atoms with van der Waals surface area (Å²) in [6, 6.07) is 13.6. The van der Waals surface area contributed by atoms with Crippen molar-refractivity contribution in [2.75, 3.05) is 11.1 Å². The zero-order valence-corrected chi connectivity index (χ0v) is 18.2. The van der Waals surface area contributed by atoms with Crippen LogP contribution >= 0.6 is 23.4 Å². The number of amides is 1. The third kappa shape index (κ3) is 4.53. The molecule has 10 heteroatoms. The predicted octanol–water partition coefficient (Wildman–Crippen LogP) is 4.96. The summed E-state index contributed by atoms with van der Waals surface area (Å²) in [5, 5.41) is 21.9. The molecule has 0 saturated carbocycles. The number of anilines is 1. The Labute approximate surface area is 191 Å². The lowest BCUT2D eigenvalue weighted by Crippen LogP contribution is -2.15. The highest BCUT2D eigenvalue weighted by molar-refractivity contribution is 7.99. The molecule has 2 aromatic carbocycles. The van der Waals surface area contributed by atoms with Crippen LogP contribution in [-0.2, 0) is 11.3 Å². The molecule has 32 heavy (non-hydrogen) atoms. The van der Waals surface area contributed by atoms with E-state index in [4.69, 9.17) is 21.1 Å². The van der Waals surface area contributed by atoms with E-state index in [9.17, 15) is 9.59 Å². The maximum absolute atomic E-state index is 12.4. The Bertz CT molecular complexity index is 1300. The fraction of sp³-hybridized carbons (Fsp3) is 0.0909. The highest BCUT2D eigenvalue weighted by atomic mass is 35.5. The molecule has 0 spiro atoms. The van der Waals surface area contributed by atoms with Crippen molar-refractivity contribution >= 4 is 51.9 Å². The van der Waals surface area contributed by atoms with Gasteiger partial charge in [-0.05, 0) is 30.3 Å². The van der Waals surface area contributed by atoms with Crippen LogP contribution in [0.3, 0.4) is 0 Å². The summed E-state index contributed by atoms with van der Waals surface area (Å²) in [5.74, 6) is -0.362. The zero-order valence-electron chi connectivity index (χ0n) is 16.6. The number of benzene rings is 2. The number of allylic oxidation sites excluding steroid dienone is 1. The standard InChI is InChI=1S/C22H17ClN4O4S/c1-2-9-27-20(18-11-13-5-3-4-6-17(13)31-18)25-26-22(27)32-12-19(28)24-16-10-14(21(29)30)7-8-15(16)23/h2-8,10-11H,1,9,12H2,(H,24,28)(H,29,30). The number of aromatic carboxylic acids is 1. The van der Waals surface area contributed by atoms with E-state index in [1.165, 1.54) is 30.0 Å². The van der Waals surface area contributed by atoms with Crippen molar-refractivity contribution < 1.29 is 19.1 Å². The molecular formula is C22H17ClN4O4S. The van der Waals surface area contributed by atoms with Crippen LogP contribution in [0.5, 0.6) is 0 Å². The lowest BCUT2D eigenvalue weighted by atomic mass is 10.2. The maximum atomic E-state index is 12.4. The molecule has 162 valence electrons. The number of nitrogens with zero attached hydrogens (tertiary/aromatic N) is 3. The number of hydrogen-bond acceptors (Lipinski definition) is 6. The van der Waals surface area contributed by atoms with Crippen LogP contribution in [0.25, 0.3) is 22.6 Å². The molecule has 4 rings (SSSR count). The number of carboxylic acid groups (broad SMARTS) is 1. The van der Waals surface area contributed by atoms with E-state index in [-0.39, 0.29) is 27.9 Å². The normalized spacial score (nSPS) is 10.9.